The fourth-order valence-corrected chi connectivity index (χ4v) is 2.90. The molecule has 1 fully saturated rings. The van der Waals surface area contributed by atoms with E-state index in [0.717, 1.165) is 49.8 Å². The van der Waals surface area contributed by atoms with Crippen LogP contribution >= 0.6 is 0 Å². The van der Waals surface area contributed by atoms with Gasteiger partial charge >= 0.3 is 0 Å². The number of ether oxygens (including phenoxy) is 2. The van der Waals surface area contributed by atoms with Gasteiger partial charge in [-0.2, -0.15) is 0 Å². The highest BCUT2D eigenvalue weighted by Gasteiger charge is 2.26. The number of nitrogens with zero attached hydrogens (tertiary/aromatic N) is 2. The summed E-state index contributed by atoms with van der Waals surface area (Å²) >= 11 is 0. The van der Waals surface area contributed by atoms with Crippen LogP contribution < -0.4 is 9.47 Å². The Labute approximate surface area is 127 Å². The first-order chi connectivity index (χ1) is 10.2. The van der Waals surface area contributed by atoms with Crippen LogP contribution in [0.3, 0.4) is 0 Å². The number of methoxy groups -OCH3 is 2. The zero-order valence-corrected chi connectivity index (χ0v) is 13.2. The third-order valence-electron chi connectivity index (χ3n) is 4.27. The molecule has 0 saturated carbocycles. The van der Waals surface area contributed by atoms with Crippen LogP contribution in [0.2, 0.25) is 0 Å². The van der Waals surface area contributed by atoms with Gasteiger partial charge in [-0.25, -0.2) is 0 Å². The van der Waals surface area contributed by atoms with Gasteiger partial charge < -0.3 is 19.5 Å². The van der Waals surface area contributed by atoms with Crippen molar-refractivity contribution >= 4 is 0 Å². The molecule has 1 atom stereocenters. The van der Waals surface area contributed by atoms with Gasteiger partial charge in [-0.1, -0.05) is 6.92 Å². The first-order valence-corrected chi connectivity index (χ1v) is 7.52. The van der Waals surface area contributed by atoms with Crippen LogP contribution in [0.1, 0.15) is 18.5 Å². The van der Waals surface area contributed by atoms with Crippen LogP contribution in [-0.2, 0) is 0 Å². The minimum absolute atomic E-state index is 0.0233. The van der Waals surface area contributed by atoms with E-state index in [1.807, 2.05) is 18.2 Å². The second kappa shape index (κ2) is 7.64. The van der Waals surface area contributed by atoms with Crippen molar-refractivity contribution in [2.75, 3.05) is 53.6 Å². The SMILES string of the molecule is CCN1CCN(C(CO)c2ccc(OC)cc2OC)CC1. The van der Waals surface area contributed by atoms with Gasteiger partial charge in [-0.05, 0) is 18.7 Å². The fraction of sp³-hybridized carbons (Fsp3) is 0.625. The Morgan fingerprint density at radius 1 is 1.14 bits per heavy atom. The van der Waals surface area contributed by atoms with E-state index >= 15 is 0 Å². The number of rotatable bonds is 6. The number of hydrogen-bond donors (Lipinski definition) is 1. The van der Waals surface area contributed by atoms with Gasteiger partial charge in [0.05, 0.1) is 26.9 Å². The molecule has 0 aliphatic carbocycles. The van der Waals surface area contributed by atoms with E-state index < -0.39 is 0 Å². The van der Waals surface area contributed by atoms with Crippen molar-refractivity contribution in [1.29, 1.82) is 0 Å². The van der Waals surface area contributed by atoms with E-state index in [2.05, 4.69) is 16.7 Å². The van der Waals surface area contributed by atoms with E-state index in [-0.39, 0.29) is 12.6 Å². The van der Waals surface area contributed by atoms with Crippen molar-refractivity contribution in [3.8, 4) is 11.5 Å². The predicted octanol–water partition coefficient (Wildman–Crippen LogP) is 1.37. The van der Waals surface area contributed by atoms with Gasteiger partial charge in [0.25, 0.3) is 0 Å². The van der Waals surface area contributed by atoms with Gasteiger partial charge in [0.15, 0.2) is 0 Å². The highest BCUT2D eigenvalue weighted by atomic mass is 16.5. The number of aliphatic hydroxyl groups excluding tert-OH is 1. The van der Waals surface area contributed by atoms with E-state index in [9.17, 15) is 5.11 Å². The lowest BCUT2D eigenvalue weighted by molar-refractivity contribution is 0.0660. The molecule has 0 spiro atoms. The van der Waals surface area contributed by atoms with Crippen LogP contribution in [0.5, 0.6) is 11.5 Å². The number of hydrogen-bond acceptors (Lipinski definition) is 5. The Hall–Kier alpha value is -1.30. The second-order valence-electron chi connectivity index (χ2n) is 5.28. The molecule has 5 heteroatoms. The van der Waals surface area contributed by atoms with Crippen LogP contribution in [0, 0.1) is 0 Å². The lowest BCUT2D eigenvalue weighted by atomic mass is 10.0. The molecule has 21 heavy (non-hydrogen) atoms. The van der Waals surface area contributed by atoms with Gasteiger partial charge in [0, 0.05) is 37.8 Å². The molecule has 2 rings (SSSR count). The Morgan fingerprint density at radius 3 is 2.38 bits per heavy atom. The van der Waals surface area contributed by atoms with Crippen LogP contribution in [0.4, 0.5) is 0 Å². The van der Waals surface area contributed by atoms with E-state index in [1.54, 1.807) is 14.2 Å². The van der Waals surface area contributed by atoms with E-state index in [0.29, 0.717) is 0 Å². The Kier molecular flexibility index (Phi) is 5.85. The van der Waals surface area contributed by atoms with Gasteiger partial charge in [0.2, 0.25) is 0 Å². The summed E-state index contributed by atoms with van der Waals surface area (Å²) in [7, 11) is 3.30. The molecule has 1 aliphatic rings. The number of benzene rings is 1. The molecule has 1 aliphatic heterocycles. The summed E-state index contributed by atoms with van der Waals surface area (Å²) in [5, 5.41) is 9.86. The summed E-state index contributed by atoms with van der Waals surface area (Å²) in [5.74, 6) is 1.54. The maximum Gasteiger partial charge on any atom is 0.127 e. The lowest BCUT2D eigenvalue weighted by Crippen LogP contribution is -2.48. The smallest absolute Gasteiger partial charge is 0.127 e. The topological polar surface area (TPSA) is 45.2 Å². The van der Waals surface area contributed by atoms with Crippen molar-refractivity contribution in [3.63, 3.8) is 0 Å². The molecule has 1 saturated heterocycles. The normalized spacial score (nSPS) is 18.5. The van der Waals surface area contributed by atoms with Crippen molar-refractivity contribution < 1.29 is 14.6 Å². The summed E-state index contributed by atoms with van der Waals surface area (Å²) in [5.41, 5.74) is 1.02. The predicted molar refractivity (Wildman–Crippen MR) is 83.1 cm³/mol. The third kappa shape index (κ3) is 3.67. The maximum atomic E-state index is 9.86. The van der Waals surface area contributed by atoms with Crippen molar-refractivity contribution in [3.05, 3.63) is 23.8 Å². The molecule has 118 valence electrons. The van der Waals surface area contributed by atoms with Gasteiger partial charge in [0.1, 0.15) is 11.5 Å². The largest absolute Gasteiger partial charge is 0.497 e. The molecule has 1 N–H and O–H groups in total. The van der Waals surface area contributed by atoms with Gasteiger partial charge in [-0.3, -0.25) is 4.90 Å². The highest BCUT2D eigenvalue weighted by Crippen LogP contribution is 2.32. The second-order valence-corrected chi connectivity index (χ2v) is 5.28. The monoisotopic (exact) mass is 294 g/mol. The van der Waals surface area contributed by atoms with Crippen molar-refractivity contribution in [1.82, 2.24) is 9.80 Å². The zero-order chi connectivity index (χ0) is 15.2. The summed E-state index contributed by atoms with van der Waals surface area (Å²) in [6, 6.07) is 5.76. The standard InChI is InChI=1S/C16H26N2O3/c1-4-17-7-9-18(10-8-17)15(12-19)14-6-5-13(20-2)11-16(14)21-3/h5-6,11,15,19H,4,7-10,12H2,1-3H3. The molecular formula is C16H26N2O3. The average Bonchev–Trinajstić information content (AvgIpc) is 2.56. The van der Waals surface area contributed by atoms with Crippen molar-refractivity contribution in [2.45, 2.75) is 13.0 Å². The summed E-state index contributed by atoms with van der Waals surface area (Å²) in [4.78, 5) is 4.76. The quantitative estimate of drug-likeness (QED) is 0.858. The molecule has 1 aromatic rings. The summed E-state index contributed by atoms with van der Waals surface area (Å²) in [6.07, 6.45) is 0. The molecule has 0 amide bonds. The van der Waals surface area contributed by atoms with Crippen molar-refractivity contribution in [2.24, 2.45) is 0 Å². The molecule has 0 aromatic heterocycles. The lowest BCUT2D eigenvalue weighted by Gasteiger charge is -2.38. The molecule has 1 unspecified atom stereocenters. The first kappa shape index (κ1) is 16.1. The Morgan fingerprint density at radius 2 is 1.86 bits per heavy atom. The van der Waals surface area contributed by atoms with Crippen LogP contribution in [0.25, 0.3) is 0 Å². The van der Waals surface area contributed by atoms with Crippen LogP contribution in [0.15, 0.2) is 18.2 Å². The van der Waals surface area contributed by atoms with E-state index in [1.165, 1.54) is 0 Å². The summed E-state index contributed by atoms with van der Waals surface area (Å²) < 4.78 is 10.7. The molecule has 0 bridgehead atoms. The molecule has 0 radical (unpaired) electrons. The fourth-order valence-electron chi connectivity index (χ4n) is 2.90. The Balaban J connectivity index is 2.17. The molecule has 1 aromatic carbocycles. The third-order valence-corrected chi connectivity index (χ3v) is 4.27. The molecular weight excluding hydrogens is 268 g/mol. The minimum atomic E-state index is -0.0233. The maximum absolute atomic E-state index is 9.86. The zero-order valence-electron chi connectivity index (χ0n) is 13.2. The minimum Gasteiger partial charge on any atom is -0.497 e. The average molecular weight is 294 g/mol. The Bertz CT molecular complexity index is 445. The molecule has 1 heterocycles. The van der Waals surface area contributed by atoms with E-state index in [4.69, 9.17) is 9.47 Å². The first-order valence-electron chi connectivity index (χ1n) is 7.52. The summed E-state index contributed by atoms with van der Waals surface area (Å²) in [6.45, 7) is 7.39. The number of piperazine rings is 1. The van der Waals surface area contributed by atoms with Crippen LogP contribution in [-0.4, -0.2) is 68.5 Å². The van der Waals surface area contributed by atoms with Gasteiger partial charge in [-0.15, -0.1) is 0 Å². The molecule has 5 nitrogen and oxygen atoms in total. The number of aliphatic hydroxyl groups is 1. The number of likely N-dealkylation sites (N-methyl/N-ethyl adjacent to an activating group) is 1. The highest BCUT2D eigenvalue weighted by molar-refractivity contribution is 5.42.